The van der Waals surface area contributed by atoms with Gasteiger partial charge in [0.1, 0.15) is 5.82 Å². The molecule has 0 unspecified atom stereocenters. The number of likely N-dealkylation sites (tertiary alicyclic amines) is 2. The van der Waals surface area contributed by atoms with Crippen molar-refractivity contribution < 1.29 is 13.7 Å². The Balaban J connectivity index is 1.24. The molecule has 5 rings (SSSR count). The summed E-state index contributed by atoms with van der Waals surface area (Å²) in [5, 5.41) is 9.66. The largest absolute Gasteiger partial charge is 0.343 e. The van der Waals surface area contributed by atoms with Crippen molar-refractivity contribution in [1.29, 1.82) is 0 Å². The Morgan fingerprint density at radius 1 is 1.22 bits per heavy atom. The number of aromatic nitrogens is 4. The second-order valence-corrected chi connectivity index (χ2v) is 9.00. The smallest absolute Gasteiger partial charge is 0.291 e. The lowest BCUT2D eigenvalue weighted by Gasteiger charge is -2.32. The van der Waals surface area contributed by atoms with Crippen molar-refractivity contribution in [2.75, 3.05) is 32.7 Å². The van der Waals surface area contributed by atoms with Gasteiger partial charge in [0, 0.05) is 43.9 Å². The number of carbonyl (C=O) groups excluding carboxylic acids is 1. The summed E-state index contributed by atoms with van der Waals surface area (Å²) in [7, 11) is 0. The maximum absolute atomic E-state index is 13.9. The van der Waals surface area contributed by atoms with E-state index in [0.717, 1.165) is 69.5 Å². The van der Waals surface area contributed by atoms with Gasteiger partial charge >= 0.3 is 0 Å². The molecule has 2 aromatic heterocycles. The van der Waals surface area contributed by atoms with Crippen molar-refractivity contribution >= 4 is 16.8 Å². The molecule has 8 nitrogen and oxygen atoms in total. The van der Waals surface area contributed by atoms with Gasteiger partial charge in [-0.3, -0.25) is 4.79 Å². The van der Waals surface area contributed by atoms with Crippen molar-refractivity contribution in [2.24, 2.45) is 5.92 Å². The van der Waals surface area contributed by atoms with Gasteiger partial charge in [-0.25, -0.2) is 4.39 Å². The third kappa shape index (κ3) is 4.01. The average Bonchev–Trinajstić information content (AvgIpc) is 3.52. The summed E-state index contributed by atoms with van der Waals surface area (Å²) in [5.74, 6) is 1.62. The third-order valence-corrected chi connectivity index (χ3v) is 6.86. The molecular weight excluding hydrogens is 411 g/mol. The number of benzene rings is 1. The second-order valence-electron chi connectivity index (χ2n) is 9.00. The molecule has 0 saturated carbocycles. The van der Waals surface area contributed by atoms with Crippen LogP contribution in [0, 0.1) is 11.7 Å². The number of carbonyl (C=O) groups is 1. The monoisotopic (exact) mass is 440 g/mol. The first-order valence-corrected chi connectivity index (χ1v) is 11.5. The zero-order valence-electron chi connectivity index (χ0n) is 18.6. The summed E-state index contributed by atoms with van der Waals surface area (Å²) in [5.41, 5.74) is 1.54. The topological polar surface area (TPSA) is 80.3 Å². The van der Waals surface area contributed by atoms with Crippen LogP contribution in [0.4, 0.5) is 4.39 Å². The van der Waals surface area contributed by atoms with E-state index in [2.05, 4.69) is 20.1 Å². The molecule has 2 fully saturated rings. The number of halogens is 1. The first kappa shape index (κ1) is 21.1. The van der Waals surface area contributed by atoms with Gasteiger partial charge in [-0.1, -0.05) is 6.92 Å². The maximum Gasteiger partial charge on any atom is 0.291 e. The van der Waals surface area contributed by atoms with Crippen LogP contribution in [0.5, 0.6) is 0 Å². The molecule has 0 N–H and O–H groups in total. The molecular formula is C23H29FN6O2. The van der Waals surface area contributed by atoms with Crippen LogP contribution >= 0.6 is 0 Å². The summed E-state index contributed by atoms with van der Waals surface area (Å²) in [4.78, 5) is 20.6. The highest BCUT2D eigenvalue weighted by molar-refractivity contribution is 5.83. The number of amides is 1. The van der Waals surface area contributed by atoms with Gasteiger partial charge in [0.05, 0.1) is 11.2 Å². The molecule has 0 aliphatic carbocycles. The zero-order valence-corrected chi connectivity index (χ0v) is 18.6. The Kier molecular flexibility index (Phi) is 5.67. The number of fused-ring (bicyclic) bond motifs is 1. The Morgan fingerprint density at radius 3 is 2.75 bits per heavy atom. The van der Waals surface area contributed by atoms with E-state index in [9.17, 15) is 9.18 Å². The maximum atomic E-state index is 13.9. The lowest BCUT2D eigenvalue weighted by atomic mass is 9.95. The van der Waals surface area contributed by atoms with Gasteiger partial charge in [-0.2, -0.15) is 14.8 Å². The fourth-order valence-electron chi connectivity index (χ4n) is 5.04. The molecule has 1 amide bonds. The van der Waals surface area contributed by atoms with Crippen molar-refractivity contribution in [2.45, 2.75) is 45.4 Å². The predicted octanol–water partition coefficient (Wildman–Crippen LogP) is 3.16. The fraction of sp³-hybridized carbons (Fsp3) is 0.565. The van der Waals surface area contributed by atoms with Crippen LogP contribution in [0.15, 0.2) is 22.7 Å². The molecule has 9 heteroatoms. The van der Waals surface area contributed by atoms with E-state index in [1.807, 2.05) is 11.8 Å². The molecule has 32 heavy (non-hydrogen) atoms. The fourth-order valence-corrected chi connectivity index (χ4v) is 5.04. The lowest BCUT2D eigenvalue weighted by molar-refractivity contribution is -0.127. The minimum Gasteiger partial charge on any atom is -0.343 e. The summed E-state index contributed by atoms with van der Waals surface area (Å²) in [6.45, 7) is 8.43. The zero-order chi connectivity index (χ0) is 22.2. The van der Waals surface area contributed by atoms with E-state index in [1.54, 1.807) is 17.7 Å². The summed E-state index contributed by atoms with van der Waals surface area (Å²) in [6.07, 6.45) is 3.74. The van der Waals surface area contributed by atoms with Crippen LogP contribution < -0.4 is 0 Å². The van der Waals surface area contributed by atoms with Gasteiger partial charge in [-0.15, -0.1) is 0 Å². The Hall–Kier alpha value is -2.81. The second kappa shape index (κ2) is 8.61. The highest BCUT2D eigenvalue weighted by Crippen LogP contribution is 2.29. The van der Waals surface area contributed by atoms with Crippen LogP contribution in [-0.4, -0.2) is 68.4 Å². The van der Waals surface area contributed by atoms with Gasteiger partial charge in [0.2, 0.25) is 11.8 Å². The Morgan fingerprint density at radius 2 is 2.03 bits per heavy atom. The SMILES string of the molecule is CCc1nn(-c2noc(C3CCN(C[C@H]4CCN(C(C)=O)C4)CC3)n2)c2cc(F)ccc12. The highest BCUT2D eigenvalue weighted by atomic mass is 19.1. The summed E-state index contributed by atoms with van der Waals surface area (Å²) < 4.78 is 21.1. The average molecular weight is 441 g/mol. The molecule has 2 saturated heterocycles. The van der Waals surface area contributed by atoms with E-state index in [-0.39, 0.29) is 17.6 Å². The number of piperidine rings is 1. The van der Waals surface area contributed by atoms with Crippen molar-refractivity contribution in [1.82, 2.24) is 29.7 Å². The van der Waals surface area contributed by atoms with E-state index < -0.39 is 0 Å². The van der Waals surface area contributed by atoms with Crippen molar-refractivity contribution in [3.63, 3.8) is 0 Å². The number of aryl methyl sites for hydroxylation is 1. The minimum absolute atomic E-state index is 0.178. The van der Waals surface area contributed by atoms with E-state index in [4.69, 9.17) is 4.52 Å². The number of rotatable bonds is 5. The molecule has 1 atom stereocenters. The number of hydrogen-bond donors (Lipinski definition) is 0. The Labute approximate surface area is 186 Å². The van der Waals surface area contributed by atoms with Crippen molar-refractivity contribution in [3.05, 3.63) is 35.6 Å². The molecule has 0 radical (unpaired) electrons. The molecule has 2 aliphatic heterocycles. The van der Waals surface area contributed by atoms with Crippen LogP contribution in [0.2, 0.25) is 0 Å². The normalized spacial score (nSPS) is 20.5. The van der Waals surface area contributed by atoms with E-state index >= 15 is 0 Å². The minimum atomic E-state index is -0.314. The van der Waals surface area contributed by atoms with Gasteiger partial charge in [0.25, 0.3) is 5.95 Å². The molecule has 0 bridgehead atoms. The first-order valence-electron chi connectivity index (χ1n) is 11.5. The van der Waals surface area contributed by atoms with Crippen molar-refractivity contribution in [3.8, 4) is 5.95 Å². The first-order chi connectivity index (χ1) is 15.5. The van der Waals surface area contributed by atoms with Crippen LogP contribution in [0.3, 0.4) is 0 Å². The lowest BCUT2D eigenvalue weighted by Crippen LogP contribution is -2.37. The quantitative estimate of drug-likeness (QED) is 0.606. The van der Waals surface area contributed by atoms with Gasteiger partial charge in [0.15, 0.2) is 0 Å². The molecule has 170 valence electrons. The third-order valence-electron chi connectivity index (χ3n) is 6.86. The number of nitrogens with zero attached hydrogens (tertiary/aromatic N) is 6. The van der Waals surface area contributed by atoms with E-state index in [1.165, 1.54) is 12.1 Å². The Bertz CT molecular complexity index is 1120. The molecule has 0 spiro atoms. The van der Waals surface area contributed by atoms with Gasteiger partial charge < -0.3 is 14.3 Å². The summed E-state index contributed by atoms with van der Waals surface area (Å²) >= 11 is 0. The predicted molar refractivity (Wildman–Crippen MR) is 117 cm³/mol. The van der Waals surface area contributed by atoms with Gasteiger partial charge in [-0.05, 0) is 62.0 Å². The van der Waals surface area contributed by atoms with Crippen LogP contribution in [0.1, 0.15) is 50.6 Å². The summed E-state index contributed by atoms with van der Waals surface area (Å²) in [6, 6.07) is 4.67. The molecule has 4 heterocycles. The number of hydrogen-bond acceptors (Lipinski definition) is 6. The molecule has 2 aliphatic rings. The van der Waals surface area contributed by atoms with E-state index in [0.29, 0.717) is 23.3 Å². The molecule has 1 aromatic carbocycles. The van der Waals surface area contributed by atoms with Crippen LogP contribution in [-0.2, 0) is 11.2 Å². The highest BCUT2D eigenvalue weighted by Gasteiger charge is 2.30. The standard InChI is InChI=1S/C23H29FN6O2/c1-3-20-19-5-4-18(24)12-21(19)30(26-20)23-25-22(32-27-23)17-7-9-28(10-8-17)13-16-6-11-29(14-16)15(2)31/h4-5,12,16-17H,3,6-11,13-14H2,1-2H3/t16-/m1/s1. The molecule has 3 aromatic rings. The van der Waals surface area contributed by atoms with Crippen LogP contribution in [0.25, 0.3) is 16.9 Å².